The summed E-state index contributed by atoms with van der Waals surface area (Å²) in [5.74, 6) is 0.0193. The van der Waals surface area contributed by atoms with Crippen LogP contribution in [0, 0.1) is 5.92 Å². The number of nitrogens with one attached hydrogen (secondary N) is 1. The zero-order valence-corrected chi connectivity index (χ0v) is 11.6. The smallest absolute Gasteiger partial charge is 0.226 e. The Kier molecular flexibility index (Phi) is 4.43. The first-order chi connectivity index (χ1) is 9.06. The molecule has 1 heterocycles. The van der Waals surface area contributed by atoms with Gasteiger partial charge in [0.25, 0.3) is 0 Å². The Bertz CT molecular complexity index is 467. The number of nitrogens with zero attached hydrogens (tertiary/aromatic N) is 1. The van der Waals surface area contributed by atoms with Gasteiger partial charge in [0.05, 0.1) is 5.92 Å². The van der Waals surface area contributed by atoms with Gasteiger partial charge in [-0.1, -0.05) is 23.7 Å². The molecule has 5 heteroatoms. The van der Waals surface area contributed by atoms with Crippen molar-refractivity contribution in [1.82, 2.24) is 10.2 Å². The number of rotatable bonds is 4. The molecule has 1 aliphatic heterocycles. The summed E-state index contributed by atoms with van der Waals surface area (Å²) in [6.07, 6.45) is 0.784. The molecule has 4 nitrogen and oxygen atoms in total. The Morgan fingerprint density at radius 2 is 1.95 bits per heavy atom. The number of likely N-dealkylation sites (tertiary alicyclic amines) is 1. The average Bonchev–Trinajstić information content (AvgIpc) is 2.29. The van der Waals surface area contributed by atoms with Crippen LogP contribution in [0.2, 0.25) is 5.02 Å². The first kappa shape index (κ1) is 13.9. The molecule has 2 rings (SSSR count). The Hall–Kier alpha value is -1.55. The molecular formula is C14H17ClN2O2. The van der Waals surface area contributed by atoms with E-state index in [1.807, 2.05) is 24.3 Å². The van der Waals surface area contributed by atoms with Gasteiger partial charge in [-0.05, 0) is 24.1 Å². The first-order valence-electron chi connectivity index (χ1n) is 6.34. The number of hydrogen-bond donors (Lipinski definition) is 1. The molecule has 1 aromatic carbocycles. The summed E-state index contributed by atoms with van der Waals surface area (Å²) in [7, 11) is 0. The van der Waals surface area contributed by atoms with Crippen molar-refractivity contribution in [3.63, 3.8) is 0 Å². The third-order valence-corrected chi connectivity index (χ3v) is 3.58. The third-order valence-electron chi connectivity index (χ3n) is 3.32. The van der Waals surface area contributed by atoms with Crippen LogP contribution in [0.5, 0.6) is 0 Å². The molecule has 1 saturated heterocycles. The van der Waals surface area contributed by atoms with Crippen LogP contribution in [0.25, 0.3) is 0 Å². The minimum Gasteiger partial charge on any atom is -0.355 e. The number of halogens is 1. The maximum Gasteiger partial charge on any atom is 0.226 e. The van der Waals surface area contributed by atoms with Gasteiger partial charge in [0.15, 0.2) is 0 Å². The van der Waals surface area contributed by atoms with Gasteiger partial charge in [0.2, 0.25) is 11.8 Å². The molecule has 0 aromatic heterocycles. The highest BCUT2D eigenvalue weighted by atomic mass is 35.5. The second-order valence-corrected chi connectivity index (χ2v) is 5.22. The maximum absolute atomic E-state index is 11.8. The SMILES string of the molecule is CC(=O)N1CC(C(=O)NCCc2ccc(Cl)cc2)C1. The summed E-state index contributed by atoms with van der Waals surface area (Å²) in [4.78, 5) is 24.4. The van der Waals surface area contributed by atoms with Gasteiger partial charge in [0.1, 0.15) is 0 Å². The molecule has 1 aliphatic rings. The summed E-state index contributed by atoms with van der Waals surface area (Å²) in [6, 6.07) is 7.59. The molecule has 0 atom stereocenters. The van der Waals surface area contributed by atoms with E-state index in [1.165, 1.54) is 6.92 Å². The quantitative estimate of drug-likeness (QED) is 0.908. The predicted octanol–water partition coefficient (Wildman–Crippen LogP) is 1.48. The minimum atomic E-state index is -0.0471. The van der Waals surface area contributed by atoms with Crippen LogP contribution in [0.1, 0.15) is 12.5 Å². The molecule has 1 fully saturated rings. The van der Waals surface area contributed by atoms with Crippen molar-refractivity contribution >= 4 is 23.4 Å². The largest absolute Gasteiger partial charge is 0.355 e. The van der Waals surface area contributed by atoms with Crippen LogP contribution < -0.4 is 5.32 Å². The molecule has 1 aromatic rings. The Balaban J connectivity index is 1.68. The van der Waals surface area contributed by atoms with Crippen molar-refractivity contribution in [2.75, 3.05) is 19.6 Å². The van der Waals surface area contributed by atoms with E-state index in [9.17, 15) is 9.59 Å². The van der Waals surface area contributed by atoms with Gasteiger partial charge in [-0.2, -0.15) is 0 Å². The molecule has 0 spiro atoms. The number of hydrogen-bond acceptors (Lipinski definition) is 2. The van der Waals surface area contributed by atoms with E-state index in [0.717, 1.165) is 12.0 Å². The highest BCUT2D eigenvalue weighted by Gasteiger charge is 2.33. The molecule has 0 unspecified atom stereocenters. The Labute approximate surface area is 117 Å². The van der Waals surface area contributed by atoms with Crippen LogP contribution in [0.15, 0.2) is 24.3 Å². The van der Waals surface area contributed by atoms with Crippen molar-refractivity contribution in [3.8, 4) is 0 Å². The Morgan fingerprint density at radius 3 is 2.53 bits per heavy atom. The number of carbonyl (C=O) groups is 2. The van der Waals surface area contributed by atoms with Crippen molar-refractivity contribution in [2.24, 2.45) is 5.92 Å². The minimum absolute atomic E-state index is 0.0326. The average molecular weight is 281 g/mol. The second-order valence-electron chi connectivity index (χ2n) is 4.79. The lowest BCUT2D eigenvalue weighted by Crippen LogP contribution is -2.55. The van der Waals surface area contributed by atoms with E-state index >= 15 is 0 Å². The van der Waals surface area contributed by atoms with E-state index in [0.29, 0.717) is 24.7 Å². The first-order valence-corrected chi connectivity index (χ1v) is 6.71. The molecule has 0 radical (unpaired) electrons. The van der Waals surface area contributed by atoms with Gasteiger partial charge in [-0.25, -0.2) is 0 Å². The monoisotopic (exact) mass is 280 g/mol. The fraction of sp³-hybridized carbons (Fsp3) is 0.429. The van der Waals surface area contributed by atoms with Gasteiger partial charge in [0, 0.05) is 31.6 Å². The summed E-state index contributed by atoms with van der Waals surface area (Å²) in [5.41, 5.74) is 1.14. The summed E-state index contributed by atoms with van der Waals surface area (Å²) in [5, 5.41) is 3.61. The molecule has 102 valence electrons. The highest BCUT2D eigenvalue weighted by molar-refractivity contribution is 6.30. The van der Waals surface area contributed by atoms with Gasteiger partial charge >= 0.3 is 0 Å². The van der Waals surface area contributed by atoms with Crippen LogP contribution >= 0.6 is 11.6 Å². The van der Waals surface area contributed by atoms with Crippen LogP contribution in [-0.4, -0.2) is 36.3 Å². The number of benzene rings is 1. The van der Waals surface area contributed by atoms with E-state index in [4.69, 9.17) is 11.6 Å². The fourth-order valence-corrected chi connectivity index (χ4v) is 2.15. The molecule has 0 bridgehead atoms. The fourth-order valence-electron chi connectivity index (χ4n) is 2.03. The molecule has 19 heavy (non-hydrogen) atoms. The van der Waals surface area contributed by atoms with Crippen molar-refractivity contribution in [1.29, 1.82) is 0 Å². The summed E-state index contributed by atoms with van der Waals surface area (Å²) >= 11 is 5.80. The highest BCUT2D eigenvalue weighted by Crippen LogP contribution is 2.15. The normalized spacial score (nSPS) is 14.9. The van der Waals surface area contributed by atoms with Crippen LogP contribution in [0.4, 0.5) is 0 Å². The summed E-state index contributed by atoms with van der Waals surface area (Å²) < 4.78 is 0. The maximum atomic E-state index is 11.8. The molecule has 0 aliphatic carbocycles. The summed E-state index contributed by atoms with van der Waals surface area (Å²) in [6.45, 7) is 3.22. The van der Waals surface area contributed by atoms with Crippen molar-refractivity contribution in [2.45, 2.75) is 13.3 Å². The van der Waals surface area contributed by atoms with Gasteiger partial charge in [-0.15, -0.1) is 0 Å². The lowest BCUT2D eigenvalue weighted by Gasteiger charge is -2.37. The number of carbonyl (C=O) groups excluding carboxylic acids is 2. The van der Waals surface area contributed by atoms with E-state index in [1.54, 1.807) is 4.90 Å². The number of amides is 2. The lowest BCUT2D eigenvalue weighted by atomic mass is 9.99. The van der Waals surface area contributed by atoms with E-state index < -0.39 is 0 Å². The van der Waals surface area contributed by atoms with E-state index in [-0.39, 0.29) is 17.7 Å². The van der Waals surface area contributed by atoms with Gasteiger partial charge < -0.3 is 10.2 Å². The predicted molar refractivity (Wildman–Crippen MR) is 73.9 cm³/mol. The van der Waals surface area contributed by atoms with E-state index in [2.05, 4.69) is 5.32 Å². The molecule has 2 amide bonds. The van der Waals surface area contributed by atoms with Crippen LogP contribution in [0.3, 0.4) is 0 Å². The second kappa shape index (κ2) is 6.06. The van der Waals surface area contributed by atoms with Crippen LogP contribution in [-0.2, 0) is 16.0 Å². The van der Waals surface area contributed by atoms with Gasteiger partial charge in [-0.3, -0.25) is 9.59 Å². The molecular weight excluding hydrogens is 264 g/mol. The third kappa shape index (κ3) is 3.70. The standard InChI is InChI=1S/C14H17ClN2O2/c1-10(18)17-8-12(9-17)14(19)16-7-6-11-2-4-13(15)5-3-11/h2-5,12H,6-9H2,1H3,(H,16,19). The van der Waals surface area contributed by atoms with Crippen molar-refractivity contribution in [3.05, 3.63) is 34.9 Å². The zero-order chi connectivity index (χ0) is 13.8. The topological polar surface area (TPSA) is 49.4 Å². The zero-order valence-electron chi connectivity index (χ0n) is 10.9. The van der Waals surface area contributed by atoms with Crippen molar-refractivity contribution < 1.29 is 9.59 Å². The Morgan fingerprint density at radius 1 is 1.32 bits per heavy atom. The molecule has 1 N–H and O–H groups in total. The molecule has 0 saturated carbocycles. The lowest BCUT2D eigenvalue weighted by molar-refractivity contribution is -0.141.